The number of hydrogen-bond acceptors (Lipinski definition) is 4. The Morgan fingerprint density at radius 3 is 2.68 bits per heavy atom. The first-order valence-corrected chi connectivity index (χ1v) is 8.33. The van der Waals surface area contributed by atoms with Crippen molar-refractivity contribution in [2.75, 3.05) is 5.32 Å². The molecule has 0 aliphatic rings. The third-order valence-corrected chi connectivity index (χ3v) is 3.96. The van der Waals surface area contributed by atoms with Gasteiger partial charge < -0.3 is 0 Å². The van der Waals surface area contributed by atoms with Crippen LogP contribution in [0, 0.1) is 11.6 Å². The number of carbonyl (C=O) groups is 1. The van der Waals surface area contributed by atoms with Crippen LogP contribution in [0.5, 0.6) is 0 Å². The summed E-state index contributed by atoms with van der Waals surface area (Å²) in [5, 5.41) is 13.4. The van der Waals surface area contributed by atoms with E-state index in [2.05, 4.69) is 25.6 Å². The summed E-state index contributed by atoms with van der Waals surface area (Å²) in [5.74, 6) is -1.04. The molecule has 1 amide bonds. The van der Waals surface area contributed by atoms with Crippen LogP contribution in [0.3, 0.4) is 0 Å². The van der Waals surface area contributed by atoms with Crippen LogP contribution in [-0.4, -0.2) is 30.9 Å². The van der Waals surface area contributed by atoms with Gasteiger partial charge in [-0.15, -0.1) is 5.10 Å². The molecule has 0 aliphatic heterocycles. The van der Waals surface area contributed by atoms with Gasteiger partial charge in [0.2, 0.25) is 5.95 Å². The van der Waals surface area contributed by atoms with Gasteiger partial charge in [-0.3, -0.25) is 15.2 Å². The molecule has 140 valence electrons. The van der Waals surface area contributed by atoms with E-state index in [1.165, 1.54) is 35.3 Å². The summed E-state index contributed by atoms with van der Waals surface area (Å²) >= 11 is 0. The SMILES string of the molecule is O=C(Nc1ncn(Cc2cccc(F)c2)n1)c1cc(-c2ccc(F)cc2)n[nH]1. The Hall–Kier alpha value is -3.88. The molecule has 0 fully saturated rings. The van der Waals surface area contributed by atoms with Gasteiger partial charge in [-0.05, 0) is 48.0 Å². The molecule has 7 nitrogen and oxygen atoms in total. The molecule has 2 aromatic carbocycles. The van der Waals surface area contributed by atoms with E-state index >= 15 is 0 Å². The van der Waals surface area contributed by atoms with Crippen molar-refractivity contribution in [2.45, 2.75) is 6.54 Å². The number of hydrogen-bond donors (Lipinski definition) is 2. The number of nitrogens with zero attached hydrogens (tertiary/aromatic N) is 4. The molecule has 9 heteroatoms. The molecule has 0 saturated carbocycles. The lowest BCUT2D eigenvalue weighted by Gasteiger charge is -2.01. The fourth-order valence-electron chi connectivity index (χ4n) is 2.63. The van der Waals surface area contributed by atoms with Crippen molar-refractivity contribution < 1.29 is 13.6 Å². The molecule has 0 unspecified atom stereocenters. The van der Waals surface area contributed by atoms with E-state index < -0.39 is 5.91 Å². The van der Waals surface area contributed by atoms with Crippen molar-refractivity contribution in [3.05, 3.63) is 83.8 Å². The first-order valence-electron chi connectivity index (χ1n) is 8.33. The summed E-state index contributed by atoms with van der Waals surface area (Å²) in [4.78, 5) is 16.4. The maximum absolute atomic E-state index is 13.2. The van der Waals surface area contributed by atoms with Crippen LogP contribution in [0.15, 0.2) is 60.9 Å². The van der Waals surface area contributed by atoms with Gasteiger partial charge in [-0.25, -0.2) is 18.4 Å². The van der Waals surface area contributed by atoms with Crippen molar-refractivity contribution in [1.82, 2.24) is 25.0 Å². The second-order valence-electron chi connectivity index (χ2n) is 6.02. The molecule has 4 rings (SSSR count). The van der Waals surface area contributed by atoms with Crippen LogP contribution in [-0.2, 0) is 6.54 Å². The van der Waals surface area contributed by atoms with Crippen molar-refractivity contribution in [2.24, 2.45) is 0 Å². The Morgan fingerprint density at radius 1 is 1.07 bits per heavy atom. The molecule has 0 aliphatic carbocycles. The van der Waals surface area contributed by atoms with Crippen molar-refractivity contribution in [3.8, 4) is 11.3 Å². The molecule has 2 aromatic heterocycles. The summed E-state index contributed by atoms with van der Waals surface area (Å²) < 4.78 is 27.7. The molecule has 28 heavy (non-hydrogen) atoms. The Bertz CT molecular complexity index is 1120. The lowest BCUT2D eigenvalue weighted by Crippen LogP contribution is -2.14. The van der Waals surface area contributed by atoms with Gasteiger partial charge in [0, 0.05) is 5.56 Å². The van der Waals surface area contributed by atoms with Crippen LogP contribution < -0.4 is 5.32 Å². The third kappa shape index (κ3) is 3.93. The fourth-order valence-corrected chi connectivity index (χ4v) is 2.63. The standard InChI is InChI=1S/C19H14F2N6O/c20-14-6-4-13(5-7-14)16-9-17(25-24-16)18(28)23-19-22-11-27(26-19)10-12-2-1-3-15(21)8-12/h1-9,11H,10H2,(H,24,25)(H,23,26,28). The average Bonchev–Trinajstić information content (AvgIpc) is 3.32. The molecule has 4 aromatic rings. The van der Waals surface area contributed by atoms with Crippen LogP contribution in [0.1, 0.15) is 16.1 Å². The number of carbonyl (C=O) groups excluding carboxylic acids is 1. The van der Waals surface area contributed by atoms with Gasteiger partial charge in [0.1, 0.15) is 23.7 Å². The smallest absolute Gasteiger partial charge is 0.276 e. The van der Waals surface area contributed by atoms with Crippen LogP contribution in [0.25, 0.3) is 11.3 Å². The fraction of sp³-hybridized carbons (Fsp3) is 0.0526. The van der Waals surface area contributed by atoms with Crippen LogP contribution >= 0.6 is 0 Å². The highest BCUT2D eigenvalue weighted by Gasteiger charge is 2.13. The van der Waals surface area contributed by atoms with E-state index in [9.17, 15) is 13.6 Å². The zero-order chi connectivity index (χ0) is 19.5. The van der Waals surface area contributed by atoms with Gasteiger partial charge in [-0.1, -0.05) is 12.1 Å². The molecule has 2 N–H and O–H groups in total. The molecule has 0 spiro atoms. The quantitative estimate of drug-likeness (QED) is 0.556. The van der Waals surface area contributed by atoms with E-state index in [0.29, 0.717) is 17.8 Å². The monoisotopic (exact) mass is 380 g/mol. The van der Waals surface area contributed by atoms with Gasteiger partial charge in [0.25, 0.3) is 5.91 Å². The predicted molar refractivity (Wildman–Crippen MR) is 97.5 cm³/mol. The minimum Gasteiger partial charge on any atom is -0.288 e. The zero-order valence-electron chi connectivity index (χ0n) is 14.4. The zero-order valence-corrected chi connectivity index (χ0v) is 14.4. The minimum atomic E-state index is -0.468. The second-order valence-corrected chi connectivity index (χ2v) is 6.02. The van der Waals surface area contributed by atoms with Crippen molar-refractivity contribution in [3.63, 3.8) is 0 Å². The normalized spacial score (nSPS) is 10.8. The molecule has 2 heterocycles. The summed E-state index contributed by atoms with van der Waals surface area (Å²) in [7, 11) is 0. The molecule has 0 saturated heterocycles. The number of rotatable bonds is 5. The maximum atomic E-state index is 13.2. The second kappa shape index (κ2) is 7.39. The number of benzene rings is 2. The predicted octanol–water partition coefficient (Wildman–Crippen LogP) is 3.25. The minimum absolute atomic E-state index is 0.110. The molecule has 0 bridgehead atoms. The number of aromatic nitrogens is 5. The third-order valence-electron chi connectivity index (χ3n) is 3.96. The highest BCUT2D eigenvalue weighted by Crippen LogP contribution is 2.18. The first-order chi connectivity index (χ1) is 13.6. The van der Waals surface area contributed by atoms with E-state index in [1.807, 2.05) is 0 Å². The van der Waals surface area contributed by atoms with Gasteiger partial charge >= 0.3 is 0 Å². The molecular formula is C19H14F2N6O. The largest absolute Gasteiger partial charge is 0.288 e. The molecule has 0 radical (unpaired) electrons. The van der Waals surface area contributed by atoms with E-state index in [1.54, 1.807) is 30.3 Å². The summed E-state index contributed by atoms with van der Waals surface area (Å²) in [6.07, 6.45) is 1.44. The summed E-state index contributed by atoms with van der Waals surface area (Å²) in [6.45, 7) is 0.319. The van der Waals surface area contributed by atoms with E-state index in [0.717, 1.165) is 5.56 Å². The number of H-pyrrole nitrogens is 1. The Morgan fingerprint density at radius 2 is 1.89 bits per heavy atom. The average molecular weight is 380 g/mol. The lowest BCUT2D eigenvalue weighted by molar-refractivity contribution is 0.102. The number of nitrogens with one attached hydrogen (secondary N) is 2. The van der Waals surface area contributed by atoms with Crippen molar-refractivity contribution in [1.29, 1.82) is 0 Å². The van der Waals surface area contributed by atoms with Crippen molar-refractivity contribution >= 4 is 11.9 Å². The summed E-state index contributed by atoms with van der Waals surface area (Å²) in [5.41, 5.74) is 2.12. The Kier molecular flexibility index (Phi) is 4.63. The van der Waals surface area contributed by atoms with Gasteiger partial charge in [0.15, 0.2) is 0 Å². The highest BCUT2D eigenvalue weighted by molar-refractivity contribution is 6.02. The Balaban J connectivity index is 1.43. The topological polar surface area (TPSA) is 88.5 Å². The highest BCUT2D eigenvalue weighted by atomic mass is 19.1. The van der Waals surface area contributed by atoms with E-state index in [4.69, 9.17) is 0 Å². The molecule has 0 atom stereocenters. The van der Waals surface area contributed by atoms with Gasteiger partial charge in [-0.2, -0.15) is 5.10 Å². The number of halogens is 2. The lowest BCUT2D eigenvalue weighted by atomic mass is 10.1. The summed E-state index contributed by atoms with van der Waals surface area (Å²) in [6, 6.07) is 13.5. The van der Waals surface area contributed by atoms with E-state index in [-0.39, 0.29) is 23.3 Å². The number of anilines is 1. The first kappa shape index (κ1) is 17.5. The Labute approximate surface area is 158 Å². The number of aromatic amines is 1. The van der Waals surface area contributed by atoms with Gasteiger partial charge in [0.05, 0.1) is 12.2 Å². The molecular weight excluding hydrogens is 366 g/mol. The maximum Gasteiger partial charge on any atom is 0.276 e. The number of amides is 1. The van der Waals surface area contributed by atoms with Crippen LogP contribution in [0.2, 0.25) is 0 Å². The van der Waals surface area contributed by atoms with Crippen LogP contribution in [0.4, 0.5) is 14.7 Å².